The summed E-state index contributed by atoms with van der Waals surface area (Å²) >= 11 is 0. The van der Waals surface area contributed by atoms with Gasteiger partial charge in [0.05, 0.1) is 0 Å². The molecule has 9 heteroatoms. The number of nitrogens with one attached hydrogen (secondary N) is 1. The first-order valence-electron chi connectivity index (χ1n) is 5.88. The average Bonchev–Trinajstić information content (AvgIpc) is 2.99. The number of hydrogen-bond donors (Lipinski definition) is 2. The number of aromatic nitrogens is 6. The molecule has 104 valence electrons. The Morgan fingerprint density at radius 1 is 1.25 bits per heavy atom. The summed E-state index contributed by atoms with van der Waals surface area (Å²) < 4.78 is 3.76. The predicted molar refractivity (Wildman–Crippen MR) is 72.8 cm³/mol. The van der Waals surface area contributed by atoms with Crippen LogP contribution in [0.5, 0.6) is 0 Å². The first kappa shape index (κ1) is 12.2. The van der Waals surface area contributed by atoms with E-state index in [-0.39, 0.29) is 11.2 Å². The normalized spacial score (nSPS) is 11.3. The van der Waals surface area contributed by atoms with Gasteiger partial charge < -0.3 is 10.7 Å². The molecule has 3 aromatic rings. The zero-order valence-electron chi connectivity index (χ0n) is 11.2. The van der Waals surface area contributed by atoms with Gasteiger partial charge in [-0.05, 0) is 6.92 Å². The van der Waals surface area contributed by atoms with E-state index in [4.69, 9.17) is 5.73 Å². The van der Waals surface area contributed by atoms with Gasteiger partial charge in [0.25, 0.3) is 5.56 Å². The van der Waals surface area contributed by atoms with Crippen molar-refractivity contribution >= 4 is 17.0 Å². The van der Waals surface area contributed by atoms with Gasteiger partial charge in [-0.15, -0.1) is 5.10 Å². The number of nitrogens with two attached hydrogens (primary N) is 1. The minimum atomic E-state index is -0.434. The van der Waals surface area contributed by atoms with Crippen molar-refractivity contribution in [1.29, 1.82) is 0 Å². The standard InChI is InChI=1S/C11H13N7O2/c1-5-4-18(15-7(5)12)10-13-6-8(14-10)16(2)11(20)17(3)9(6)19/h4H,1-3H3,(H2,12,15)(H,13,14). The van der Waals surface area contributed by atoms with Gasteiger partial charge >= 0.3 is 5.69 Å². The summed E-state index contributed by atoms with van der Waals surface area (Å²) in [6, 6.07) is 0. The van der Waals surface area contributed by atoms with Crippen molar-refractivity contribution in [2.24, 2.45) is 14.1 Å². The Balaban J connectivity index is 2.36. The van der Waals surface area contributed by atoms with Crippen molar-refractivity contribution in [3.63, 3.8) is 0 Å². The molecule has 20 heavy (non-hydrogen) atoms. The van der Waals surface area contributed by atoms with E-state index >= 15 is 0 Å². The molecule has 3 aromatic heterocycles. The number of aryl methyl sites for hydroxylation is 2. The summed E-state index contributed by atoms with van der Waals surface area (Å²) in [6.07, 6.45) is 1.69. The molecule has 0 radical (unpaired) electrons. The lowest BCUT2D eigenvalue weighted by Gasteiger charge is -2.00. The van der Waals surface area contributed by atoms with Crippen molar-refractivity contribution in [1.82, 2.24) is 28.9 Å². The molecule has 0 spiro atoms. The van der Waals surface area contributed by atoms with E-state index in [0.29, 0.717) is 11.8 Å². The third-order valence-corrected chi connectivity index (χ3v) is 3.23. The monoisotopic (exact) mass is 275 g/mol. The summed E-state index contributed by atoms with van der Waals surface area (Å²) in [5.41, 5.74) is 6.14. The maximum Gasteiger partial charge on any atom is 0.332 e. The minimum Gasteiger partial charge on any atom is -0.382 e. The zero-order chi connectivity index (χ0) is 14.6. The number of imidazole rings is 1. The van der Waals surface area contributed by atoms with Gasteiger partial charge in [0.1, 0.15) is 5.82 Å². The third kappa shape index (κ3) is 1.49. The lowest BCUT2D eigenvalue weighted by molar-refractivity contribution is 0.708. The van der Waals surface area contributed by atoms with E-state index in [2.05, 4.69) is 15.1 Å². The molecule has 0 fully saturated rings. The van der Waals surface area contributed by atoms with Crippen molar-refractivity contribution in [2.75, 3.05) is 5.73 Å². The van der Waals surface area contributed by atoms with Crippen molar-refractivity contribution < 1.29 is 0 Å². The molecule has 0 saturated heterocycles. The Kier molecular flexibility index (Phi) is 2.33. The number of aromatic amines is 1. The lowest BCUT2D eigenvalue weighted by atomic mass is 10.4. The molecule has 3 rings (SSSR count). The average molecular weight is 275 g/mol. The highest BCUT2D eigenvalue weighted by atomic mass is 16.2. The Labute approximate surface area is 112 Å². The highest BCUT2D eigenvalue weighted by molar-refractivity contribution is 5.71. The molecular weight excluding hydrogens is 262 g/mol. The summed E-state index contributed by atoms with van der Waals surface area (Å²) in [6.45, 7) is 1.82. The largest absolute Gasteiger partial charge is 0.382 e. The van der Waals surface area contributed by atoms with Gasteiger partial charge in [-0.3, -0.25) is 13.9 Å². The van der Waals surface area contributed by atoms with E-state index < -0.39 is 11.2 Å². The van der Waals surface area contributed by atoms with Crippen LogP contribution in [0.2, 0.25) is 0 Å². The van der Waals surface area contributed by atoms with Gasteiger partial charge in [0.15, 0.2) is 11.2 Å². The van der Waals surface area contributed by atoms with Crippen molar-refractivity contribution in [2.45, 2.75) is 6.92 Å². The van der Waals surface area contributed by atoms with Crippen LogP contribution in [0.25, 0.3) is 17.1 Å². The number of fused-ring (bicyclic) bond motifs is 1. The fourth-order valence-electron chi connectivity index (χ4n) is 2.00. The van der Waals surface area contributed by atoms with Gasteiger partial charge in [-0.25, -0.2) is 9.48 Å². The lowest BCUT2D eigenvalue weighted by Crippen LogP contribution is -2.36. The molecule has 0 bridgehead atoms. The van der Waals surface area contributed by atoms with Crippen LogP contribution in [-0.2, 0) is 14.1 Å². The van der Waals surface area contributed by atoms with E-state index in [9.17, 15) is 9.59 Å². The molecule has 3 N–H and O–H groups in total. The van der Waals surface area contributed by atoms with Gasteiger partial charge in [-0.2, -0.15) is 4.98 Å². The fraction of sp³-hybridized carbons (Fsp3) is 0.273. The van der Waals surface area contributed by atoms with Crippen LogP contribution in [-0.4, -0.2) is 28.9 Å². The van der Waals surface area contributed by atoms with Gasteiger partial charge in [-0.1, -0.05) is 0 Å². The maximum absolute atomic E-state index is 12.0. The number of H-pyrrole nitrogens is 1. The second kappa shape index (κ2) is 3.83. The molecule has 0 aliphatic rings. The highest BCUT2D eigenvalue weighted by Crippen LogP contribution is 2.12. The molecule has 0 saturated carbocycles. The number of nitrogen functional groups attached to an aromatic ring is 1. The molecule has 0 unspecified atom stereocenters. The molecular formula is C11H13N7O2. The number of hydrogen-bond acceptors (Lipinski definition) is 5. The summed E-state index contributed by atoms with van der Waals surface area (Å²) in [5, 5.41) is 4.08. The van der Waals surface area contributed by atoms with Crippen LogP contribution in [0, 0.1) is 6.92 Å². The summed E-state index contributed by atoms with van der Waals surface area (Å²) in [4.78, 5) is 31.0. The minimum absolute atomic E-state index is 0.247. The van der Waals surface area contributed by atoms with Crippen LogP contribution in [0.1, 0.15) is 5.56 Å². The van der Waals surface area contributed by atoms with E-state index in [1.807, 2.05) is 6.92 Å². The van der Waals surface area contributed by atoms with E-state index in [0.717, 1.165) is 10.1 Å². The maximum atomic E-state index is 12.0. The van der Waals surface area contributed by atoms with Gasteiger partial charge in [0.2, 0.25) is 5.95 Å². The quantitative estimate of drug-likeness (QED) is 0.593. The molecule has 9 nitrogen and oxygen atoms in total. The highest BCUT2D eigenvalue weighted by Gasteiger charge is 2.15. The first-order chi connectivity index (χ1) is 9.40. The molecule has 0 aromatic carbocycles. The zero-order valence-corrected chi connectivity index (χ0v) is 11.2. The Morgan fingerprint density at radius 3 is 2.55 bits per heavy atom. The smallest absolute Gasteiger partial charge is 0.332 e. The Morgan fingerprint density at radius 2 is 1.95 bits per heavy atom. The SMILES string of the molecule is Cc1cn(-c2nc3c([nH]2)c(=O)n(C)c(=O)n3C)nc1N. The molecule has 0 atom stereocenters. The van der Waals surface area contributed by atoms with E-state index in [1.54, 1.807) is 13.2 Å². The summed E-state index contributed by atoms with van der Waals surface area (Å²) in [7, 11) is 2.97. The van der Waals surface area contributed by atoms with Crippen LogP contribution >= 0.6 is 0 Å². The first-order valence-corrected chi connectivity index (χ1v) is 5.88. The second-order valence-corrected chi connectivity index (χ2v) is 4.61. The fourth-order valence-corrected chi connectivity index (χ4v) is 2.00. The number of rotatable bonds is 1. The third-order valence-electron chi connectivity index (χ3n) is 3.23. The second-order valence-electron chi connectivity index (χ2n) is 4.61. The van der Waals surface area contributed by atoms with Crippen LogP contribution in [0.15, 0.2) is 15.8 Å². The molecule has 0 amide bonds. The number of anilines is 1. The van der Waals surface area contributed by atoms with Crippen LogP contribution in [0.4, 0.5) is 5.82 Å². The summed E-state index contributed by atoms with van der Waals surface area (Å²) in [5.74, 6) is 0.713. The molecule has 0 aliphatic heterocycles. The van der Waals surface area contributed by atoms with E-state index in [1.165, 1.54) is 16.3 Å². The van der Waals surface area contributed by atoms with Crippen LogP contribution in [0.3, 0.4) is 0 Å². The Hall–Kier alpha value is -2.84. The number of nitrogens with zero attached hydrogens (tertiary/aromatic N) is 5. The van der Waals surface area contributed by atoms with Crippen LogP contribution < -0.4 is 17.0 Å². The van der Waals surface area contributed by atoms with Crippen molar-refractivity contribution in [3.8, 4) is 5.95 Å². The predicted octanol–water partition coefficient (Wildman–Crippen LogP) is -0.963. The topological polar surface area (TPSA) is 117 Å². The molecule has 0 aliphatic carbocycles. The van der Waals surface area contributed by atoms with Crippen molar-refractivity contribution in [3.05, 3.63) is 32.6 Å². The Bertz CT molecular complexity index is 921. The van der Waals surface area contributed by atoms with Gasteiger partial charge in [0, 0.05) is 25.9 Å². The molecule has 3 heterocycles.